The molecule has 4 aromatic rings. The van der Waals surface area contributed by atoms with E-state index >= 15 is 0 Å². The van der Waals surface area contributed by atoms with Crippen LogP contribution in [-0.2, 0) is 0 Å². The van der Waals surface area contributed by atoms with E-state index in [-0.39, 0.29) is 0 Å². The minimum absolute atomic E-state index is 0.604. The molecule has 0 unspecified atom stereocenters. The standard InChI is InChI=1S/C40H52Ge2Si4/c1-43(2,3)33-21-13-29(14-22-33)37-38(30-15-23-34(24-16-30)44(4,5)6)42-40(32-19-27-36(28-20-32)46(10,11)12)39(41-37)31-17-25-35(26-18-31)45(7,8)9/h13-28H,1-12H3. The fourth-order valence-corrected chi connectivity index (χ4v) is 19.2. The second kappa shape index (κ2) is 13.3. The van der Waals surface area contributed by atoms with E-state index in [1.54, 1.807) is 38.4 Å². The van der Waals surface area contributed by atoms with Crippen molar-refractivity contribution in [3.63, 3.8) is 0 Å². The first-order valence-electron chi connectivity index (χ1n) is 16.8. The normalized spacial score (nSPS) is 15.0. The van der Waals surface area contributed by atoms with Gasteiger partial charge in [-0.25, -0.2) is 0 Å². The van der Waals surface area contributed by atoms with Crippen LogP contribution in [0.2, 0.25) is 78.6 Å². The number of hydrogen-bond donors (Lipinski definition) is 0. The van der Waals surface area contributed by atoms with Crippen LogP contribution in [0.3, 0.4) is 0 Å². The molecule has 1 aliphatic rings. The molecule has 0 saturated heterocycles. The van der Waals surface area contributed by atoms with Crippen molar-refractivity contribution in [1.29, 1.82) is 0 Å². The molecule has 4 aromatic carbocycles. The van der Waals surface area contributed by atoms with Crippen LogP contribution in [0.15, 0.2) is 97.1 Å². The van der Waals surface area contributed by atoms with Crippen molar-refractivity contribution in [2.45, 2.75) is 78.6 Å². The summed E-state index contributed by atoms with van der Waals surface area (Å²) >= 11 is -1.21. The Balaban J connectivity index is 1.70. The number of benzene rings is 4. The van der Waals surface area contributed by atoms with Crippen LogP contribution < -0.4 is 20.7 Å². The van der Waals surface area contributed by atoms with Gasteiger partial charge in [-0.1, -0.05) is 0 Å². The SMILES string of the molecule is C[Si](C)(C)c1ccc([C]2=[C](c3ccc([Si](C)(C)C)cc3)[Ge][C](c3ccc([Si](C)(C)C)cc3)=[C](c3ccc([Si](C)(C)C)cc3)[Ge]2)cc1. The zero-order valence-corrected chi connectivity index (χ0v) is 38.4. The first-order chi connectivity index (χ1) is 21.3. The third-order valence-electron chi connectivity index (χ3n) is 9.16. The second-order valence-electron chi connectivity index (χ2n) is 17.1. The van der Waals surface area contributed by atoms with E-state index < -0.39 is 63.2 Å². The summed E-state index contributed by atoms with van der Waals surface area (Å²) < 4.78 is 6.65. The Morgan fingerprint density at radius 3 is 0.543 bits per heavy atom. The molecule has 0 bridgehead atoms. The van der Waals surface area contributed by atoms with Crippen molar-refractivity contribution in [2.24, 2.45) is 0 Å². The molecule has 0 amide bonds. The van der Waals surface area contributed by atoms with E-state index in [4.69, 9.17) is 0 Å². The number of rotatable bonds is 8. The molecule has 0 fully saturated rings. The van der Waals surface area contributed by atoms with Gasteiger partial charge in [-0.05, 0) is 0 Å². The van der Waals surface area contributed by atoms with Gasteiger partial charge in [0.1, 0.15) is 0 Å². The second-order valence-corrected chi connectivity index (χ2v) is 42.6. The molecule has 236 valence electrons. The van der Waals surface area contributed by atoms with Crippen LogP contribution in [0.4, 0.5) is 0 Å². The Labute approximate surface area is 297 Å². The van der Waals surface area contributed by atoms with Gasteiger partial charge < -0.3 is 0 Å². The molecule has 1 aliphatic heterocycles. The van der Waals surface area contributed by atoms with Gasteiger partial charge in [0.2, 0.25) is 0 Å². The minimum atomic E-state index is -1.37. The molecule has 46 heavy (non-hydrogen) atoms. The van der Waals surface area contributed by atoms with Crippen LogP contribution in [0.25, 0.3) is 17.6 Å². The summed E-state index contributed by atoms with van der Waals surface area (Å²) in [6.45, 7) is 29.5. The van der Waals surface area contributed by atoms with Crippen LogP contribution >= 0.6 is 0 Å². The molecular weight excluding hydrogens is 738 g/mol. The molecule has 0 nitrogen and oxygen atoms in total. The summed E-state index contributed by atoms with van der Waals surface area (Å²) in [7, 11) is -5.48. The summed E-state index contributed by atoms with van der Waals surface area (Å²) in [5.41, 5.74) is 5.83. The van der Waals surface area contributed by atoms with Gasteiger partial charge in [-0.2, -0.15) is 0 Å². The van der Waals surface area contributed by atoms with E-state index in [9.17, 15) is 0 Å². The summed E-state index contributed by atoms with van der Waals surface area (Å²) in [5.74, 6) is 0. The average Bonchev–Trinajstić information content (AvgIpc) is 2.99. The van der Waals surface area contributed by atoms with Gasteiger partial charge in [-0.15, -0.1) is 0 Å². The zero-order chi connectivity index (χ0) is 33.7. The fraction of sp³-hybridized carbons (Fsp3) is 0.300. The maximum atomic E-state index is 2.47. The number of hydrogen-bond acceptors (Lipinski definition) is 0. The first-order valence-corrected chi connectivity index (χ1v) is 35.0. The monoisotopic (exact) mass is 792 g/mol. The van der Waals surface area contributed by atoms with Gasteiger partial charge in [0, 0.05) is 0 Å². The molecule has 5 rings (SSSR count). The van der Waals surface area contributed by atoms with Gasteiger partial charge in [0.25, 0.3) is 0 Å². The molecule has 0 atom stereocenters. The van der Waals surface area contributed by atoms with Crippen molar-refractivity contribution in [2.75, 3.05) is 0 Å². The maximum absolute atomic E-state index is 2.47. The molecule has 4 radical (unpaired) electrons. The van der Waals surface area contributed by atoms with Crippen molar-refractivity contribution >= 4 is 102 Å². The third kappa shape index (κ3) is 8.12. The molecule has 6 heteroatoms. The Hall–Kier alpha value is -1.69. The van der Waals surface area contributed by atoms with Crippen molar-refractivity contribution in [3.8, 4) is 0 Å². The predicted molar refractivity (Wildman–Crippen MR) is 223 cm³/mol. The summed E-state index contributed by atoms with van der Waals surface area (Å²) in [5, 5.41) is 6.19. The zero-order valence-electron chi connectivity index (χ0n) is 30.2. The third-order valence-corrected chi connectivity index (χ3v) is 26.2. The van der Waals surface area contributed by atoms with Crippen LogP contribution in [0.5, 0.6) is 0 Å². The Bertz CT molecular complexity index is 1490. The Morgan fingerprint density at radius 2 is 0.413 bits per heavy atom. The van der Waals surface area contributed by atoms with Gasteiger partial charge in [-0.3, -0.25) is 0 Å². The quantitative estimate of drug-likeness (QED) is 0.157. The molecule has 0 aliphatic carbocycles. The van der Waals surface area contributed by atoms with E-state index in [1.807, 2.05) is 0 Å². The fourth-order valence-electron chi connectivity index (χ4n) is 5.91. The average molecular weight is 790 g/mol. The van der Waals surface area contributed by atoms with Crippen LogP contribution in [0, 0.1) is 0 Å². The molecule has 0 aromatic heterocycles. The summed E-state index contributed by atoms with van der Waals surface area (Å²) in [6, 6.07) is 39.3. The summed E-state index contributed by atoms with van der Waals surface area (Å²) in [4.78, 5) is 0. The first kappa shape index (κ1) is 35.6. The van der Waals surface area contributed by atoms with Crippen molar-refractivity contribution in [1.82, 2.24) is 0 Å². The van der Waals surface area contributed by atoms with Crippen LogP contribution in [0.1, 0.15) is 22.3 Å². The van der Waals surface area contributed by atoms with E-state index in [1.165, 1.54) is 22.3 Å². The van der Waals surface area contributed by atoms with Gasteiger partial charge in [0.15, 0.2) is 0 Å². The van der Waals surface area contributed by atoms with Gasteiger partial charge in [0.05, 0.1) is 0 Å². The van der Waals surface area contributed by atoms with E-state index in [0.717, 1.165) is 0 Å². The molecule has 0 N–H and O–H groups in total. The Kier molecular flexibility index (Phi) is 10.3. The van der Waals surface area contributed by atoms with Crippen LogP contribution in [-0.4, -0.2) is 63.2 Å². The van der Waals surface area contributed by atoms with Crippen molar-refractivity contribution < 1.29 is 0 Å². The Morgan fingerprint density at radius 1 is 0.261 bits per heavy atom. The molecule has 1 heterocycles. The molecule has 0 saturated carbocycles. The van der Waals surface area contributed by atoms with Crippen molar-refractivity contribution in [3.05, 3.63) is 119 Å². The molecular formula is C40H52Ge2Si4. The van der Waals surface area contributed by atoms with E-state index in [0.29, 0.717) is 0 Å². The summed E-state index contributed by atoms with van der Waals surface area (Å²) in [6.07, 6.45) is 0. The molecule has 0 spiro atoms. The predicted octanol–water partition coefficient (Wildman–Crippen LogP) is 8.64. The van der Waals surface area contributed by atoms with E-state index in [2.05, 4.69) is 176 Å². The topological polar surface area (TPSA) is 0 Å². The van der Waals surface area contributed by atoms with Gasteiger partial charge >= 0.3 is 299 Å².